The number of ketones is 1. The van der Waals surface area contributed by atoms with Gasteiger partial charge in [0.15, 0.2) is 5.78 Å². The Balaban J connectivity index is 3.44. The van der Waals surface area contributed by atoms with Gasteiger partial charge in [-0.25, -0.2) is 0 Å². The smallest absolute Gasteiger partial charge is 0.293 e. The first-order chi connectivity index (χ1) is 7.27. The van der Waals surface area contributed by atoms with Crippen LogP contribution in [0, 0.1) is 6.92 Å². The second-order valence-corrected chi connectivity index (χ2v) is 3.88. The Morgan fingerprint density at radius 3 is 2.38 bits per heavy atom. The number of carbonyl (C=O) groups is 1. The summed E-state index contributed by atoms with van der Waals surface area (Å²) in [6.45, 7) is 1.22. The van der Waals surface area contributed by atoms with Crippen LogP contribution < -0.4 is 0 Å². The van der Waals surface area contributed by atoms with E-state index < -0.39 is 17.5 Å². The minimum Gasteiger partial charge on any atom is -0.293 e. The van der Waals surface area contributed by atoms with Crippen molar-refractivity contribution in [1.29, 1.82) is 0 Å². The van der Waals surface area contributed by atoms with E-state index in [0.29, 0.717) is 0 Å². The fourth-order valence-corrected chi connectivity index (χ4v) is 1.70. The maximum absolute atomic E-state index is 12.6. The van der Waals surface area contributed by atoms with E-state index in [0.717, 1.165) is 6.07 Å². The predicted octanol–water partition coefficient (Wildman–Crippen LogP) is 4.09. The van der Waals surface area contributed by atoms with Gasteiger partial charge in [0.1, 0.15) is 0 Å². The van der Waals surface area contributed by atoms with Crippen LogP contribution in [0.2, 0.25) is 5.02 Å². The second kappa shape index (κ2) is 4.63. The molecule has 0 saturated heterocycles. The summed E-state index contributed by atoms with van der Waals surface area (Å²) < 4.78 is 37.7. The molecule has 88 valence electrons. The molecule has 0 bridgehead atoms. The Morgan fingerprint density at radius 2 is 1.94 bits per heavy atom. The van der Waals surface area contributed by atoms with Crippen LogP contribution in [0.1, 0.15) is 21.5 Å². The highest BCUT2D eigenvalue weighted by Crippen LogP contribution is 2.35. The molecule has 0 aliphatic carbocycles. The highest BCUT2D eigenvalue weighted by Gasteiger charge is 2.34. The number of carbonyl (C=O) groups excluding carboxylic acids is 1. The molecule has 0 aliphatic heterocycles. The Hall–Kier alpha value is -0.740. The summed E-state index contributed by atoms with van der Waals surface area (Å²) >= 11 is 10.8. The van der Waals surface area contributed by atoms with E-state index in [1.54, 1.807) is 0 Å². The Kier molecular flexibility index (Phi) is 3.86. The molecule has 0 spiro atoms. The standard InChI is InChI=1S/C10H7Cl2F3O/c1-5-7(9(16)4-11)2-6(12)3-8(5)10(13,14)15/h2-3H,4H2,1H3. The van der Waals surface area contributed by atoms with Crippen LogP contribution in [0.25, 0.3) is 0 Å². The molecule has 0 radical (unpaired) electrons. The third kappa shape index (κ3) is 2.68. The lowest BCUT2D eigenvalue weighted by Gasteiger charge is -2.13. The van der Waals surface area contributed by atoms with Gasteiger partial charge in [-0.3, -0.25) is 4.79 Å². The van der Waals surface area contributed by atoms with Crippen molar-refractivity contribution in [3.63, 3.8) is 0 Å². The first-order valence-electron chi connectivity index (χ1n) is 4.24. The van der Waals surface area contributed by atoms with Crippen molar-refractivity contribution in [1.82, 2.24) is 0 Å². The lowest BCUT2D eigenvalue weighted by atomic mass is 9.99. The molecule has 1 nitrogen and oxygen atoms in total. The second-order valence-electron chi connectivity index (χ2n) is 3.18. The lowest BCUT2D eigenvalue weighted by molar-refractivity contribution is -0.138. The molecule has 0 heterocycles. The van der Waals surface area contributed by atoms with Crippen LogP contribution in [0.4, 0.5) is 13.2 Å². The van der Waals surface area contributed by atoms with Gasteiger partial charge in [0.2, 0.25) is 0 Å². The number of hydrogen-bond acceptors (Lipinski definition) is 1. The quantitative estimate of drug-likeness (QED) is 0.585. The van der Waals surface area contributed by atoms with E-state index in [4.69, 9.17) is 23.2 Å². The average Bonchev–Trinajstić information content (AvgIpc) is 2.18. The van der Waals surface area contributed by atoms with Gasteiger partial charge in [-0.2, -0.15) is 13.2 Å². The average molecular weight is 271 g/mol. The topological polar surface area (TPSA) is 17.1 Å². The molecule has 1 aromatic carbocycles. The molecular formula is C10H7Cl2F3O. The number of benzene rings is 1. The van der Waals surface area contributed by atoms with Crippen molar-refractivity contribution in [3.8, 4) is 0 Å². The van der Waals surface area contributed by atoms with Gasteiger partial charge in [0.25, 0.3) is 0 Å². The monoisotopic (exact) mass is 270 g/mol. The Morgan fingerprint density at radius 1 is 1.38 bits per heavy atom. The van der Waals surface area contributed by atoms with Crippen LogP contribution in [-0.2, 0) is 6.18 Å². The minimum absolute atomic E-state index is 0.0881. The molecule has 0 N–H and O–H groups in total. The molecule has 1 rings (SSSR count). The van der Waals surface area contributed by atoms with Gasteiger partial charge >= 0.3 is 6.18 Å². The van der Waals surface area contributed by atoms with Crippen molar-refractivity contribution >= 4 is 29.0 Å². The summed E-state index contributed by atoms with van der Waals surface area (Å²) in [6, 6.07) is 1.98. The molecule has 0 amide bonds. The van der Waals surface area contributed by atoms with Crippen LogP contribution >= 0.6 is 23.2 Å². The summed E-state index contributed by atoms with van der Waals surface area (Å²) in [7, 11) is 0. The predicted molar refractivity (Wildman–Crippen MR) is 56.2 cm³/mol. The molecule has 0 aromatic heterocycles. The fraction of sp³-hybridized carbons (Fsp3) is 0.300. The van der Waals surface area contributed by atoms with Crippen molar-refractivity contribution in [2.75, 3.05) is 5.88 Å². The molecule has 16 heavy (non-hydrogen) atoms. The van der Waals surface area contributed by atoms with Gasteiger partial charge in [0, 0.05) is 10.6 Å². The maximum atomic E-state index is 12.6. The van der Waals surface area contributed by atoms with Crippen molar-refractivity contribution in [3.05, 3.63) is 33.8 Å². The molecule has 1 aromatic rings. The number of Topliss-reactive ketones (excluding diaryl/α,β-unsaturated/α-hetero) is 1. The van der Waals surface area contributed by atoms with Crippen molar-refractivity contribution in [2.24, 2.45) is 0 Å². The maximum Gasteiger partial charge on any atom is 0.416 e. The van der Waals surface area contributed by atoms with Gasteiger partial charge in [-0.05, 0) is 24.6 Å². The molecular weight excluding hydrogens is 264 g/mol. The summed E-state index contributed by atoms with van der Waals surface area (Å²) in [4.78, 5) is 11.3. The molecule has 0 saturated carbocycles. The zero-order chi connectivity index (χ0) is 12.5. The summed E-state index contributed by atoms with van der Waals surface area (Å²) in [5.74, 6) is -0.953. The molecule has 0 unspecified atom stereocenters. The van der Waals surface area contributed by atoms with E-state index in [9.17, 15) is 18.0 Å². The Bertz CT molecular complexity index is 427. The van der Waals surface area contributed by atoms with Crippen LogP contribution in [0.3, 0.4) is 0 Å². The largest absolute Gasteiger partial charge is 0.416 e. The van der Waals surface area contributed by atoms with Crippen LogP contribution in [-0.4, -0.2) is 11.7 Å². The minimum atomic E-state index is -4.53. The van der Waals surface area contributed by atoms with E-state index in [2.05, 4.69) is 0 Å². The van der Waals surface area contributed by atoms with Gasteiger partial charge in [-0.1, -0.05) is 11.6 Å². The summed E-state index contributed by atoms with van der Waals surface area (Å²) in [5, 5.41) is -0.133. The number of alkyl halides is 4. The highest BCUT2D eigenvalue weighted by molar-refractivity contribution is 6.33. The zero-order valence-corrected chi connectivity index (χ0v) is 9.67. The summed E-state index contributed by atoms with van der Waals surface area (Å²) in [6.07, 6.45) is -4.53. The number of halogens is 5. The third-order valence-electron chi connectivity index (χ3n) is 2.10. The lowest BCUT2D eigenvalue weighted by Crippen LogP contribution is -2.12. The van der Waals surface area contributed by atoms with E-state index >= 15 is 0 Å². The zero-order valence-electron chi connectivity index (χ0n) is 8.16. The Labute approximate surface area is 100 Å². The van der Waals surface area contributed by atoms with E-state index in [-0.39, 0.29) is 22.0 Å². The van der Waals surface area contributed by atoms with Gasteiger partial charge < -0.3 is 0 Å². The molecule has 0 fully saturated rings. The van der Waals surface area contributed by atoms with Gasteiger partial charge in [-0.15, -0.1) is 11.6 Å². The van der Waals surface area contributed by atoms with Crippen molar-refractivity contribution < 1.29 is 18.0 Å². The normalized spacial score (nSPS) is 11.6. The van der Waals surface area contributed by atoms with E-state index in [1.165, 1.54) is 13.0 Å². The molecule has 6 heteroatoms. The summed E-state index contributed by atoms with van der Waals surface area (Å²) in [5.41, 5.74) is -1.15. The molecule has 0 atom stereocenters. The van der Waals surface area contributed by atoms with Crippen LogP contribution in [0.15, 0.2) is 12.1 Å². The number of hydrogen-bond donors (Lipinski definition) is 0. The third-order valence-corrected chi connectivity index (χ3v) is 2.56. The first kappa shape index (κ1) is 13.3. The SMILES string of the molecule is Cc1c(C(=O)CCl)cc(Cl)cc1C(F)(F)F. The fourth-order valence-electron chi connectivity index (χ4n) is 1.34. The van der Waals surface area contributed by atoms with Crippen molar-refractivity contribution in [2.45, 2.75) is 13.1 Å². The number of rotatable bonds is 2. The van der Waals surface area contributed by atoms with Crippen LogP contribution in [0.5, 0.6) is 0 Å². The molecule has 0 aliphatic rings. The van der Waals surface area contributed by atoms with E-state index in [1.807, 2.05) is 0 Å². The highest BCUT2D eigenvalue weighted by atomic mass is 35.5. The first-order valence-corrected chi connectivity index (χ1v) is 5.15. The van der Waals surface area contributed by atoms with Gasteiger partial charge in [0.05, 0.1) is 11.4 Å².